The normalized spacial score (nSPS) is 18.2. The molecule has 0 radical (unpaired) electrons. The van der Waals surface area contributed by atoms with Gasteiger partial charge in [-0.25, -0.2) is 0 Å². The number of hydrogen-bond donors (Lipinski definition) is 1. The van der Waals surface area contributed by atoms with Crippen molar-refractivity contribution in [2.45, 2.75) is 51.6 Å². The summed E-state index contributed by atoms with van der Waals surface area (Å²) < 4.78 is 10.8. The zero-order valence-electron chi connectivity index (χ0n) is 13.1. The maximum absolute atomic E-state index is 5.47. The van der Waals surface area contributed by atoms with Crippen LogP contribution in [0.3, 0.4) is 0 Å². The smallest absolute Gasteiger partial charge is 0.123 e. The Morgan fingerprint density at radius 3 is 2.50 bits per heavy atom. The lowest BCUT2D eigenvalue weighted by Gasteiger charge is -2.30. The molecule has 20 heavy (non-hydrogen) atoms. The summed E-state index contributed by atoms with van der Waals surface area (Å²) in [5, 5.41) is 3.69. The van der Waals surface area contributed by atoms with Crippen LogP contribution in [0.15, 0.2) is 18.2 Å². The maximum Gasteiger partial charge on any atom is 0.123 e. The standard InChI is InChI=1S/C17H27NO2/c1-12(10-14-6-5-7-14)18-13(2)16-11-15(19-3)8-9-17(16)20-4/h8-9,11-14,18H,5-7,10H2,1-4H3. The van der Waals surface area contributed by atoms with Crippen molar-refractivity contribution in [3.63, 3.8) is 0 Å². The van der Waals surface area contributed by atoms with Gasteiger partial charge in [0.2, 0.25) is 0 Å². The molecule has 3 heteroatoms. The minimum atomic E-state index is 0.259. The van der Waals surface area contributed by atoms with Gasteiger partial charge in [-0.3, -0.25) is 0 Å². The second-order valence-electron chi connectivity index (χ2n) is 5.93. The van der Waals surface area contributed by atoms with Crippen molar-refractivity contribution in [2.24, 2.45) is 5.92 Å². The van der Waals surface area contributed by atoms with Crippen molar-refractivity contribution in [2.75, 3.05) is 14.2 Å². The molecule has 3 nitrogen and oxygen atoms in total. The molecule has 0 spiro atoms. The van der Waals surface area contributed by atoms with Crippen LogP contribution in [0.1, 0.15) is 51.1 Å². The number of benzene rings is 1. The summed E-state index contributed by atoms with van der Waals surface area (Å²) in [6.07, 6.45) is 5.50. The van der Waals surface area contributed by atoms with E-state index in [4.69, 9.17) is 9.47 Å². The van der Waals surface area contributed by atoms with Crippen molar-refractivity contribution in [1.29, 1.82) is 0 Å². The number of ether oxygens (including phenoxy) is 2. The maximum atomic E-state index is 5.47. The van der Waals surface area contributed by atoms with Crippen molar-refractivity contribution >= 4 is 0 Å². The highest BCUT2D eigenvalue weighted by Gasteiger charge is 2.21. The number of nitrogens with one attached hydrogen (secondary N) is 1. The lowest BCUT2D eigenvalue weighted by atomic mass is 9.81. The largest absolute Gasteiger partial charge is 0.497 e. The van der Waals surface area contributed by atoms with Gasteiger partial charge in [-0.05, 0) is 44.4 Å². The summed E-state index contributed by atoms with van der Waals surface area (Å²) in [6, 6.07) is 6.77. The van der Waals surface area contributed by atoms with Crippen LogP contribution in [0, 0.1) is 5.92 Å². The zero-order chi connectivity index (χ0) is 14.5. The average Bonchev–Trinajstić information content (AvgIpc) is 2.42. The Bertz CT molecular complexity index is 429. The van der Waals surface area contributed by atoms with Crippen LogP contribution in [-0.4, -0.2) is 20.3 Å². The number of hydrogen-bond acceptors (Lipinski definition) is 3. The van der Waals surface area contributed by atoms with Crippen molar-refractivity contribution in [3.8, 4) is 11.5 Å². The summed E-state index contributed by atoms with van der Waals surface area (Å²) in [5.41, 5.74) is 1.16. The first kappa shape index (κ1) is 15.2. The Morgan fingerprint density at radius 2 is 1.95 bits per heavy atom. The van der Waals surface area contributed by atoms with Gasteiger partial charge in [0.1, 0.15) is 11.5 Å². The molecular weight excluding hydrogens is 250 g/mol. The molecule has 1 aliphatic rings. The van der Waals surface area contributed by atoms with E-state index >= 15 is 0 Å². The van der Waals surface area contributed by atoms with Crippen molar-refractivity contribution < 1.29 is 9.47 Å². The molecule has 1 aliphatic carbocycles. The van der Waals surface area contributed by atoms with E-state index in [1.165, 1.54) is 25.7 Å². The van der Waals surface area contributed by atoms with Crippen molar-refractivity contribution in [3.05, 3.63) is 23.8 Å². The van der Waals surface area contributed by atoms with Crippen LogP contribution in [0.25, 0.3) is 0 Å². The SMILES string of the molecule is COc1ccc(OC)c(C(C)NC(C)CC2CCC2)c1. The van der Waals surface area contributed by atoms with E-state index in [-0.39, 0.29) is 6.04 Å². The first-order valence-electron chi connectivity index (χ1n) is 7.62. The Kier molecular flexibility index (Phi) is 5.30. The summed E-state index contributed by atoms with van der Waals surface area (Å²) in [4.78, 5) is 0. The van der Waals surface area contributed by atoms with Crippen LogP contribution in [0.2, 0.25) is 0 Å². The molecule has 0 aliphatic heterocycles. The molecule has 2 atom stereocenters. The molecule has 0 aromatic heterocycles. The highest BCUT2D eigenvalue weighted by molar-refractivity contribution is 5.42. The van der Waals surface area contributed by atoms with Gasteiger partial charge >= 0.3 is 0 Å². The van der Waals surface area contributed by atoms with Crippen LogP contribution in [0.4, 0.5) is 0 Å². The quantitative estimate of drug-likeness (QED) is 0.819. The van der Waals surface area contributed by atoms with E-state index < -0.39 is 0 Å². The molecule has 1 fully saturated rings. The summed E-state index contributed by atoms with van der Waals surface area (Å²) in [7, 11) is 3.42. The fourth-order valence-electron chi connectivity index (χ4n) is 2.99. The van der Waals surface area contributed by atoms with Crippen LogP contribution < -0.4 is 14.8 Å². The third-order valence-corrected chi connectivity index (χ3v) is 4.35. The lowest BCUT2D eigenvalue weighted by molar-refractivity contribution is 0.259. The molecule has 1 N–H and O–H groups in total. The lowest BCUT2D eigenvalue weighted by Crippen LogP contribution is -2.32. The summed E-state index contributed by atoms with van der Waals surface area (Å²) in [6.45, 7) is 4.47. The number of rotatable bonds is 7. The van der Waals surface area contributed by atoms with Crippen molar-refractivity contribution in [1.82, 2.24) is 5.32 Å². The third kappa shape index (κ3) is 3.66. The molecule has 2 unspecified atom stereocenters. The Hall–Kier alpha value is -1.22. The fourth-order valence-corrected chi connectivity index (χ4v) is 2.99. The van der Waals surface area contributed by atoms with E-state index in [1.807, 2.05) is 12.1 Å². The molecule has 112 valence electrons. The highest BCUT2D eigenvalue weighted by Crippen LogP contribution is 2.32. The second-order valence-corrected chi connectivity index (χ2v) is 5.93. The molecule has 1 aromatic rings. The first-order valence-corrected chi connectivity index (χ1v) is 7.62. The van der Waals surface area contributed by atoms with Crippen LogP contribution >= 0.6 is 0 Å². The summed E-state index contributed by atoms with van der Waals surface area (Å²) >= 11 is 0. The third-order valence-electron chi connectivity index (χ3n) is 4.35. The predicted molar refractivity (Wildman–Crippen MR) is 82.5 cm³/mol. The Balaban J connectivity index is 2.00. The van der Waals surface area contributed by atoms with E-state index in [2.05, 4.69) is 25.2 Å². The first-order chi connectivity index (χ1) is 9.63. The molecule has 0 amide bonds. The Morgan fingerprint density at radius 1 is 1.20 bits per heavy atom. The van der Waals surface area contributed by atoms with Gasteiger partial charge < -0.3 is 14.8 Å². The van der Waals surface area contributed by atoms with Gasteiger partial charge in [-0.2, -0.15) is 0 Å². The molecule has 0 bridgehead atoms. The van der Waals surface area contributed by atoms with E-state index in [0.29, 0.717) is 6.04 Å². The molecule has 2 rings (SSSR count). The van der Waals surface area contributed by atoms with Gasteiger partial charge in [-0.1, -0.05) is 19.3 Å². The number of methoxy groups -OCH3 is 2. The highest BCUT2D eigenvalue weighted by atomic mass is 16.5. The fraction of sp³-hybridized carbons (Fsp3) is 0.647. The molecule has 1 saturated carbocycles. The topological polar surface area (TPSA) is 30.5 Å². The van der Waals surface area contributed by atoms with Gasteiger partial charge in [0.05, 0.1) is 14.2 Å². The Labute approximate surface area is 122 Å². The van der Waals surface area contributed by atoms with Gasteiger partial charge in [0.25, 0.3) is 0 Å². The van der Waals surface area contributed by atoms with Crippen LogP contribution in [-0.2, 0) is 0 Å². The molecular formula is C17H27NO2. The zero-order valence-corrected chi connectivity index (χ0v) is 13.1. The summed E-state index contributed by atoms with van der Waals surface area (Å²) in [5.74, 6) is 2.72. The van der Waals surface area contributed by atoms with Gasteiger partial charge in [-0.15, -0.1) is 0 Å². The van der Waals surface area contributed by atoms with E-state index in [0.717, 1.165) is 23.0 Å². The second kappa shape index (κ2) is 6.98. The van der Waals surface area contributed by atoms with Gasteiger partial charge in [0.15, 0.2) is 0 Å². The van der Waals surface area contributed by atoms with E-state index in [1.54, 1.807) is 14.2 Å². The van der Waals surface area contributed by atoms with Gasteiger partial charge in [0, 0.05) is 17.6 Å². The monoisotopic (exact) mass is 277 g/mol. The molecule has 1 aromatic carbocycles. The minimum absolute atomic E-state index is 0.259. The van der Waals surface area contributed by atoms with E-state index in [9.17, 15) is 0 Å². The van der Waals surface area contributed by atoms with Crippen LogP contribution in [0.5, 0.6) is 11.5 Å². The average molecular weight is 277 g/mol. The molecule has 0 saturated heterocycles. The predicted octanol–water partition coefficient (Wildman–Crippen LogP) is 3.93. The molecule has 0 heterocycles. The minimum Gasteiger partial charge on any atom is -0.497 e.